The Morgan fingerprint density at radius 3 is 2.26 bits per heavy atom. The van der Waals surface area contributed by atoms with E-state index in [2.05, 4.69) is 200 Å². The van der Waals surface area contributed by atoms with E-state index in [0.717, 1.165) is 12.3 Å². The summed E-state index contributed by atoms with van der Waals surface area (Å²) in [5, 5.41) is 2.59. The van der Waals surface area contributed by atoms with Crippen LogP contribution in [0.15, 0.2) is 176 Å². The molecule has 308 valence electrons. The minimum absolute atomic E-state index is 0.163. The normalized spacial score (nSPS) is 26.5. The number of hydrogen-bond donors (Lipinski definition) is 0. The van der Waals surface area contributed by atoms with E-state index >= 15 is 0 Å². The first-order chi connectivity index (χ1) is 30.5. The number of allylic oxidation sites excluding steroid dienone is 6. The molecule has 62 heavy (non-hydrogen) atoms. The molecule has 0 radical (unpaired) electrons. The molecule has 6 aliphatic rings. The SMILES string of the molecule is CC1(C)c2cc(N(c3ccc4c(c3)N(c3ccc(-c5cccc6ccccc56)cc3)C3CCC5C=CC=CC5C43)C3C=CC(c4ccccc4)=CC3)ccc2C2CCCCCC21. The molecule has 0 aromatic heterocycles. The predicted molar refractivity (Wildman–Crippen MR) is 262 cm³/mol. The van der Waals surface area contributed by atoms with Crippen LogP contribution >= 0.6 is 0 Å². The largest absolute Gasteiger partial charge is 0.337 e. The van der Waals surface area contributed by atoms with Crippen molar-refractivity contribution in [3.8, 4) is 11.1 Å². The maximum absolute atomic E-state index is 2.75. The molecule has 0 spiro atoms. The topological polar surface area (TPSA) is 6.48 Å². The fourth-order valence-corrected chi connectivity index (χ4v) is 13.3. The second-order valence-corrected chi connectivity index (χ2v) is 19.8. The van der Waals surface area contributed by atoms with Gasteiger partial charge in [0.05, 0.1) is 6.04 Å². The lowest BCUT2D eigenvalue weighted by Gasteiger charge is -2.41. The molecule has 12 rings (SSSR count). The van der Waals surface area contributed by atoms with E-state index < -0.39 is 0 Å². The van der Waals surface area contributed by atoms with E-state index in [4.69, 9.17) is 0 Å². The van der Waals surface area contributed by atoms with Crippen molar-refractivity contribution in [1.82, 2.24) is 0 Å². The van der Waals surface area contributed by atoms with Gasteiger partial charge >= 0.3 is 0 Å². The van der Waals surface area contributed by atoms with Gasteiger partial charge in [-0.25, -0.2) is 0 Å². The third kappa shape index (κ3) is 6.19. The van der Waals surface area contributed by atoms with Crippen LogP contribution in [-0.2, 0) is 5.41 Å². The van der Waals surface area contributed by atoms with Crippen LogP contribution in [0.5, 0.6) is 0 Å². The predicted octanol–water partition coefficient (Wildman–Crippen LogP) is 15.8. The Kier molecular flexibility index (Phi) is 9.28. The Bertz CT molecular complexity index is 2780. The number of hydrogen-bond acceptors (Lipinski definition) is 2. The van der Waals surface area contributed by atoms with E-state index in [1.807, 2.05) is 0 Å². The molecule has 0 bridgehead atoms. The highest BCUT2D eigenvalue weighted by Gasteiger charge is 2.49. The Hall–Kier alpha value is -5.86. The van der Waals surface area contributed by atoms with Crippen LogP contribution in [0.1, 0.15) is 99.3 Å². The van der Waals surface area contributed by atoms with Gasteiger partial charge in [-0.15, -0.1) is 0 Å². The van der Waals surface area contributed by atoms with Crippen molar-refractivity contribution in [2.45, 2.75) is 94.5 Å². The lowest BCUT2D eigenvalue weighted by atomic mass is 9.67. The van der Waals surface area contributed by atoms with Gasteiger partial charge in [-0.05, 0) is 147 Å². The average Bonchev–Trinajstić information content (AvgIpc) is 3.60. The summed E-state index contributed by atoms with van der Waals surface area (Å²) < 4.78 is 0. The van der Waals surface area contributed by atoms with Crippen molar-refractivity contribution in [3.05, 3.63) is 198 Å². The second-order valence-electron chi connectivity index (χ2n) is 19.8. The summed E-state index contributed by atoms with van der Waals surface area (Å²) in [4.78, 5) is 5.44. The summed E-state index contributed by atoms with van der Waals surface area (Å²) in [6.07, 6.45) is 27.1. The van der Waals surface area contributed by atoms with Crippen LogP contribution < -0.4 is 9.80 Å². The Morgan fingerprint density at radius 2 is 1.40 bits per heavy atom. The van der Waals surface area contributed by atoms with E-state index in [1.165, 1.54) is 106 Å². The minimum atomic E-state index is 0.163. The lowest BCUT2D eigenvalue weighted by Crippen LogP contribution is -2.39. The first-order valence-corrected chi connectivity index (χ1v) is 23.7. The quantitative estimate of drug-likeness (QED) is 0.165. The van der Waals surface area contributed by atoms with Crippen LogP contribution in [-0.4, -0.2) is 12.1 Å². The average molecular weight is 807 g/mol. The molecule has 5 aliphatic carbocycles. The zero-order valence-corrected chi connectivity index (χ0v) is 36.3. The minimum Gasteiger partial charge on any atom is -0.337 e. The van der Waals surface area contributed by atoms with Crippen molar-refractivity contribution in [2.75, 3.05) is 9.80 Å². The summed E-state index contributed by atoms with van der Waals surface area (Å²) in [5.41, 5.74) is 15.3. The van der Waals surface area contributed by atoms with Gasteiger partial charge in [-0.1, -0.05) is 173 Å². The molecule has 1 heterocycles. The summed E-state index contributed by atoms with van der Waals surface area (Å²) >= 11 is 0. The first-order valence-electron chi connectivity index (χ1n) is 23.7. The smallest absolute Gasteiger partial charge is 0.0560 e. The standard InChI is InChI=1S/C60H58N2/c1-60(2)55-23-8-4-7-21-52(55)53-35-33-47(38-56(53)60)61(45-29-24-41(25-30-45)40-14-5-3-6-15-40)48-34-36-54-58(39-48)62(57-37-28-43-17-10-12-20-51(43)59(54)57)46-31-26-44(27-32-46)50-22-13-18-42-16-9-11-19-49(42)50/h3,5-6,9-20,22,24-27,29,31-36,38-39,43,45,51-52,55,57,59H,4,7-8,21,23,28,30,37H2,1-2H3. The molecule has 1 aliphatic heterocycles. The van der Waals surface area contributed by atoms with Crippen LogP contribution in [0.4, 0.5) is 22.7 Å². The molecular weight excluding hydrogens is 749 g/mol. The van der Waals surface area contributed by atoms with Crippen LogP contribution in [0.3, 0.4) is 0 Å². The molecule has 2 saturated carbocycles. The highest BCUT2D eigenvalue weighted by Crippen LogP contribution is 2.59. The molecule has 6 aromatic rings. The summed E-state index contributed by atoms with van der Waals surface area (Å²) in [7, 11) is 0. The zero-order chi connectivity index (χ0) is 41.4. The molecule has 0 saturated heterocycles. The van der Waals surface area contributed by atoms with E-state index in [0.29, 0.717) is 29.7 Å². The number of benzene rings is 6. The summed E-state index contributed by atoms with van der Waals surface area (Å²) in [6.45, 7) is 5.10. The first kappa shape index (κ1) is 37.9. The Labute approximate surface area is 369 Å². The molecule has 2 heteroatoms. The van der Waals surface area contributed by atoms with Gasteiger partial charge in [-0.2, -0.15) is 0 Å². The number of rotatable bonds is 6. The van der Waals surface area contributed by atoms with Gasteiger partial charge in [0.1, 0.15) is 0 Å². The second kappa shape index (κ2) is 15.2. The molecular formula is C60H58N2. The van der Waals surface area contributed by atoms with Gasteiger partial charge in [-0.3, -0.25) is 0 Å². The number of fused-ring (bicyclic) bond motifs is 9. The van der Waals surface area contributed by atoms with Crippen molar-refractivity contribution >= 4 is 39.1 Å². The fraction of sp³-hybridized carbons (Fsp3) is 0.300. The van der Waals surface area contributed by atoms with E-state index in [-0.39, 0.29) is 11.5 Å². The van der Waals surface area contributed by atoms with Crippen molar-refractivity contribution in [3.63, 3.8) is 0 Å². The molecule has 7 atom stereocenters. The molecule has 2 fully saturated rings. The Morgan fingerprint density at radius 1 is 0.629 bits per heavy atom. The number of anilines is 4. The van der Waals surface area contributed by atoms with Gasteiger partial charge in [0.25, 0.3) is 0 Å². The summed E-state index contributed by atoms with van der Waals surface area (Å²) in [5.74, 6) is 2.97. The van der Waals surface area contributed by atoms with Crippen LogP contribution in [0, 0.1) is 17.8 Å². The molecule has 6 aromatic carbocycles. The molecule has 0 amide bonds. The molecule has 0 N–H and O–H groups in total. The van der Waals surface area contributed by atoms with E-state index in [9.17, 15) is 0 Å². The lowest BCUT2D eigenvalue weighted by molar-refractivity contribution is 0.269. The van der Waals surface area contributed by atoms with E-state index in [1.54, 1.807) is 11.1 Å². The van der Waals surface area contributed by atoms with Crippen LogP contribution in [0.25, 0.3) is 27.5 Å². The molecule has 7 unspecified atom stereocenters. The number of nitrogens with zero attached hydrogens (tertiary/aromatic N) is 2. The summed E-state index contributed by atoms with van der Waals surface area (Å²) in [6, 6.07) is 51.7. The third-order valence-corrected chi connectivity index (χ3v) is 16.3. The van der Waals surface area contributed by atoms with Gasteiger partial charge in [0, 0.05) is 34.7 Å². The van der Waals surface area contributed by atoms with Gasteiger partial charge in [0.2, 0.25) is 0 Å². The van der Waals surface area contributed by atoms with Crippen molar-refractivity contribution in [2.24, 2.45) is 17.8 Å². The van der Waals surface area contributed by atoms with Gasteiger partial charge in [0.15, 0.2) is 0 Å². The maximum atomic E-state index is 2.75. The highest BCUT2D eigenvalue weighted by molar-refractivity contribution is 5.97. The highest BCUT2D eigenvalue weighted by atomic mass is 15.2. The monoisotopic (exact) mass is 806 g/mol. The van der Waals surface area contributed by atoms with Crippen molar-refractivity contribution < 1.29 is 0 Å². The maximum Gasteiger partial charge on any atom is 0.0560 e. The zero-order valence-electron chi connectivity index (χ0n) is 36.3. The van der Waals surface area contributed by atoms with Crippen LogP contribution in [0.2, 0.25) is 0 Å². The Balaban J connectivity index is 0.977. The fourth-order valence-electron chi connectivity index (χ4n) is 13.3. The van der Waals surface area contributed by atoms with Crippen molar-refractivity contribution in [1.29, 1.82) is 0 Å². The van der Waals surface area contributed by atoms with Gasteiger partial charge < -0.3 is 9.80 Å². The third-order valence-electron chi connectivity index (χ3n) is 16.3. The molecule has 2 nitrogen and oxygen atoms in total.